The maximum atomic E-state index is 6.30. The normalized spacial score (nSPS) is 20.8. The molecule has 0 bridgehead atoms. The number of nitrogens with two attached hydrogens (primary N) is 1. The SMILES string of the molecule is CCCC(CC)NC1CCC(NCN/C(=C\C=NC)c2ccc(N)c(C(=NC)C(C)C)c2)CC1. The summed E-state index contributed by atoms with van der Waals surface area (Å²) in [6.45, 7) is 9.58. The van der Waals surface area contributed by atoms with Crippen molar-refractivity contribution in [1.29, 1.82) is 0 Å². The highest BCUT2D eigenvalue weighted by Gasteiger charge is 2.22. The average molecular weight is 469 g/mol. The van der Waals surface area contributed by atoms with Crippen LogP contribution in [0.15, 0.2) is 34.3 Å². The van der Waals surface area contributed by atoms with Gasteiger partial charge in [-0.05, 0) is 68.2 Å². The first-order valence-corrected chi connectivity index (χ1v) is 13.2. The van der Waals surface area contributed by atoms with Crippen molar-refractivity contribution in [2.24, 2.45) is 15.9 Å². The molecule has 34 heavy (non-hydrogen) atoms. The zero-order valence-electron chi connectivity index (χ0n) is 22.3. The Hall–Kier alpha value is -2.18. The predicted molar refractivity (Wildman–Crippen MR) is 150 cm³/mol. The van der Waals surface area contributed by atoms with Crippen LogP contribution in [-0.4, -0.2) is 50.8 Å². The number of hydrogen-bond donors (Lipinski definition) is 4. The van der Waals surface area contributed by atoms with Gasteiger partial charge in [-0.3, -0.25) is 15.3 Å². The highest BCUT2D eigenvalue weighted by Crippen LogP contribution is 2.23. The van der Waals surface area contributed by atoms with Crippen LogP contribution < -0.4 is 21.7 Å². The molecule has 1 unspecified atom stereocenters. The molecule has 1 saturated carbocycles. The number of nitrogen functional groups attached to an aromatic ring is 1. The summed E-state index contributed by atoms with van der Waals surface area (Å²) in [4.78, 5) is 8.65. The van der Waals surface area contributed by atoms with Crippen LogP contribution in [0, 0.1) is 5.92 Å². The molecular formula is C28H48N6. The van der Waals surface area contributed by atoms with Crippen LogP contribution >= 0.6 is 0 Å². The Kier molecular flexibility index (Phi) is 12.3. The molecule has 1 aromatic rings. The van der Waals surface area contributed by atoms with E-state index in [0.29, 0.717) is 24.0 Å². The number of nitrogens with zero attached hydrogens (tertiary/aromatic N) is 2. The Labute approximate surface area is 208 Å². The van der Waals surface area contributed by atoms with Gasteiger partial charge in [-0.25, -0.2) is 0 Å². The lowest BCUT2D eigenvalue weighted by molar-refractivity contribution is 0.279. The number of rotatable bonds is 13. The molecule has 6 heteroatoms. The number of benzene rings is 1. The summed E-state index contributed by atoms with van der Waals surface area (Å²) in [5.74, 6) is 0.306. The van der Waals surface area contributed by atoms with E-state index < -0.39 is 0 Å². The van der Waals surface area contributed by atoms with Gasteiger partial charge in [0.1, 0.15) is 0 Å². The molecule has 6 nitrogen and oxygen atoms in total. The minimum absolute atomic E-state index is 0.306. The lowest BCUT2D eigenvalue weighted by Gasteiger charge is -2.32. The van der Waals surface area contributed by atoms with E-state index in [4.69, 9.17) is 5.73 Å². The largest absolute Gasteiger partial charge is 0.398 e. The molecule has 1 fully saturated rings. The van der Waals surface area contributed by atoms with Gasteiger partial charge in [-0.1, -0.05) is 40.2 Å². The molecule has 1 aliphatic carbocycles. The summed E-state index contributed by atoms with van der Waals surface area (Å²) in [5, 5.41) is 11.2. The molecule has 2 rings (SSSR count). The third-order valence-corrected chi connectivity index (χ3v) is 6.82. The number of anilines is 1. The van der Waals surface area contributed by atoms with Crippen molar-refractivity contribution >= 4 is 23.3 Å². The van der Waals surface area contributed by atoms with Gasteiger partial charge in [-0.2, -0.15) is 0 Å². The van der Waals surface area contributed by atoms with E-state index in [1.165, 1.54) is 44.9 Å². The summed E-state index contributed by atoms with van der Waals surface area (Å²) in [7, 11) is 3.62. The van der Waals surface area contributed by atoms with Crippen molar-refractivity contribution in [1.82, 2.24) is 16.0 Å². The van der Waals surface area contributed by atoms with Crippen molar-refractivity contribution in [3.05, 3.63) is 35.4 Å². The lowest BCUT2D eigenvalue weighted by atomic mass is 9.90. The van der Waals surface area contributed by atoms with E-state index in [2.05, 4.69) is 65.8 Å². The van der Waals surface area contributed by atoms with Gasteiger partial charge in [0.15, 0.2) is 0 Å². The van der Waals surface area contributed by atoms with E-state index in [1.807, 2.05) is 25.4 Å². The van der Waals surface area contributed by atoms with Crippen molar-refractivity contribution in [2.45, 2.75) is 90.8 Å². The molecule has 0 aromatic heterocycles. The van der Waals surface area contributed by atoms with Crippen molar-refractivity contribution in [3.8, 4) is 0 Å². The highest BCUT2D eigenvalue weighted by molar-refractivity contribution is 6.06. The first kappa shape index (κ1) is 28.1. The van der Waals surface area contributed by atoms with Gasteiger partial charge in [-0.15, -0.1) is 0 Å². The van der Waals surface area contributed by atoms with Crippen LogP contribution in [0.5, 0.6) is 0 Å². The molecule has 0 aliphatic heterocycles. The van der Waals surface area contributed by atoms with E-state index >= 15 is 0 Å². The Morgan fingerprint density at radius 1 is 1.12 bits per heavy atom. The topological polar surface area (TPSA) is 86.8 Å². The second kappa shape index (κ2) is 14.9. The summed E-state index contributed by atoms with van der Waals surface area (Å²) in [5.41, 5.74) is 11.2. The second-order valence-corrected chi connectivity index (χ2v) is 9.72. The Morgan fingerprint density at radius 3 is 2.41 bits per heavy atom. The summed E-state index contributed by atoms with van der Waals surface area (Å²) >= 11 is 0. The predicted octanol–water partition coefficient (Wildman–Crippen LogP) is 5.00. The summed E-state index contributed by atoms with van der Waals surface area (Å²) in [6, 6.07) is 8.07. The quantitative estimate of drug-likeness (QED) is 0.186. The minimum Gasteiger partial charge on any atom is -0.398 e. The minimum atomic E-state index is 0.306. The van der Waals surface area contributed by atoms with Crippen LogP contribution in [0.4, 0.5) is 5.69 Å². The molecule has 0 spiro atoms. The zero-order chi connectivity index (χ0) is 24.9. The third-order valence-electron chi connectivity index (χ3n) is 6.82. The molecule has 0 amide bonds. The molecule has 1 aliphatic rings. The van der Waals surface area contributed by atoms with Gasteiger partial charge in [0.25, 0.3) is 0 Å². The second-order valence-electron chi connectivity index (χ2n) is 9.72. The van der Waals surface area contributed by atoms with Gasteiger partial charge in [0, 0.05) is 61.1 Å². The van der Waals surface area contributed by atoms with Gasteiger partial charge < -0.3 is 16.4 Å². The fourth-order valence-electron chi connectivity index (χ4n) is 4.88. The maximum absolute atomic E-state index is 6.30. The fourth-order valence-corrected chi connectivity index (χ4v) is 4.88. The summed E-state index contributed by atoms with van der Waals surface area (Å²) in [6.07, 6.45) is 12.5. The molecule has 1 aromatic carbocycles. The van der Waals surface area contributed by atoms with Crippen LogP contribution in [0.1, 0.15) is 83.8 Å². The zero-order valence-corrected chi connectivity index (χ0v) is 22.3. The molecule has 0 saturated heterocycles. The van der Waals surface area contributed by atoms with Crippen LogP contribution in [0.25, 0.3) is 5.70 Å². The van der Waals surface area contributed by atoms with E-state index in [1.54, 1.807) is 7.05 Å². The standard InChI is InChI=1S/C28H48N6/c1-7-9-22(8-2)34-24-13-11-23(12-14-24)32-19-33-27(16-17-30-5)21-10-15-26(29)25(18-21)28(31-6)20(3)4/h10,15-18,20,22-24,32-34H,7-9,11-14,19,29H2,1-6H3/b27-16-,30-17?,31-28?. The number of nitrogens with one attached hydrogen (secondary N) is 3. The first-order valence-electron chi connectivity index (χ1n) is 13.2. The number of allylic oxidation sites excluding steroid dienone is 1. The van der Waals surface area contributed by atoms with Crippen molar-refractivity contribution < 1.29 is 0 Å². The Balaban J connectivity index is 1.97. The molecule has 0 radical (unpaired) electrons. The smallest absolute Gasteiger partial charge is 0.0655 e. The van der Waals surface area contributed by atoms with Crippen LogP contribution in [-0.2, 0) is 0 Å². The lowest BCUT2D eigenvalue weighted by Crippen LogP contribution is -2.45. The van der Waals surface area contributed by atoms with Crippen molar-refractivity contribution in [2.75, 3.05) is 26.5 Å². The van der Waals surface area contributed by atoms with E-state index in [9.17, 15) is 0 Å². The molecular weight excluding hydrogens is 420 g/mol. The first-order chi connectivity index (χ1) is 16.4. The molecule has 5 N–H and O–H groups in total. The van der Waals surface area contributed by atoms with Crippen LogP contribution in [0.2, 0.25) is 0 Å². The average Bonchev–Trinajstić information content (AvgIpc) is 2.83. The van der Waals surface area contributed by atoms with Gasteiger partial charge in [0.2, 0.25) is 0 Å². The molecule has 0 heterocycles. The Bertz CT molecular complexity index is 818. The van der Waals surface area contributed by atoms with Gasteiger partial charge in [0.05, 0.1) is 6.67 Å². The van der Waals surface area contributed by atoms with E-state index in [0.717, 1.165) is 34.9 Å². The number of aliphatic imine (C=N–C) groups is 2. The third kappa shape index (κ3) is 8.55. The van der Waals surface area contributed by atoms with Gasteiger partial charge >= 0.3 is 0 Å². The number of hydrogen-bond acceptors (Lipinski definition) is 6. The molecule has 1 atom stereocenters. The summed E-state index contributed by atoms with van der Waals surface area (Å²) < 4.78 is 0. The fraction of sp³-hybridized carbons (Fsp3) is 0.643. The van der Waals surface area contributed by atoms with Crippen molar-refractivity contribution in [3.63, 3.8) is 0 Å². The highest BCUT2D eigenvalue weighted by atomic mass is 15.1. The van der Waals surface area contributed by atoms with Crippen LogP contribution in [0.3, 0.4) is 0 Å². The monoisotopic (exact) mass is 468 g/mol. The Morgan fingerprint density at radius 2 is 1.82 bits per heavy atom. The molecule has 190 valence electrons. The maximum Gasteiger partial charge on any atom is 0.0655 e. The van der Waals surface area contributed by atoms with E-state index in [-0.39, 0.29) is 0 Å².